The van der Waals surface area contributed by atoms with Gasteiger partial charge in [-0.2, -0.15) is 0 Å². The van der Waals surface area contributed by atoms with Crippen LogP contribution in [-0.2, 0) is 16.1 Å². The molecule has 3 rings (SSSR count). The van der Waals surface area contributed by atoms with E-state index in [1.807, 2.05) is 24.3 Å². The van der Waals surface area contributed by atoms with Crippen LogP contribution in [0, 0.1) is 0 Å². The van der Waals surface area contributed by atoms with Gasteiger partial charge in [0.15, 0.2) is 8.68 Å². The van der Waals surface area contributed by atoms with Crippen LogP contribution in [0.3, 0.4) is 0 Å². The van der Waals surface area contributed by atoms with E-state index in [1.54, 1.807) is 24.1 Å². The number of halogens is 1. The van der Waals surface area contributed by atoms with Crippen LogP contribution >= 0.6 is 46.5 Å². The molecule has 0 spiro atoms. The minimum absolute atomic E-state index is 0.0546. The summed E-state index contributed by atoms with van der Waals surface area (Å²) in [4.78, 5) is 24.8. The van der Waals surface area contributed by atoms with Crippen molar-refractivity contribution in [1.82, 2.24) is 15.1 Å². The molecule has 2 N–H and O–H groups in total. The average molecular weight is 469 g/mol. The molecule has 2 heterocycles. The lowest BCUT2D eigenvalue weighted by Gasteiger charge is -2.14. The first kappa shape index (κ1) is 21.7. The molecule has 0 unspecified atom stereocenters. The molecule has 0 aliphatic heterocycles. The summed E-state index contributed by atoms with van der Waals surface area (Å²) in [6.07, 6.45) is 0. The lowest BCUT2D eigenvalue weighted by molar-refractivity contribution is -0.127. The maximum atomic E-state index is 12.4. The first-order valence-corrected chi connectivity index (χ1v) is 11.5. The van der Waals surface area contributed by atoms with E-state index in [0.717, 1.165) is 11.3 Å². The van der Waals surface area contributed by atoms with Gasteiger partial charge in [0.25, 0.3) is 0 Å². The average Bonchev–Trinajstić information content (AvgIpc) is 3.34. The van der Waals surface area contributed by atoms with E-state index >= 15 is 0 Å². The molecule has 11 heteroatoms. The Morgan fingerprint density at radius 1 is 1.10 bits per heavy atom. The van der Waals surface area contributed by atoms with Crippen molar-refractivity contribution in [3.05, 3.63) is 47.2 Å². The fourth-order valence-corrected chi connectivity index (χ4v) is 5.06. The van der Waals surface area contributed by atoms with Crippen LogP contribution in [0.2, 0.25) is 5.02 Å². The molecule has 0 saturated heterocycles. The molecule has 2 amide bonds. The summed E-state index contributed by atoms with van der Waals surface area (Å²) < 4.78 is 7.16. The van der Waals surface area contributed by atoms with Gasteiger partial charge >= 0.3 is 0 Å². The van der Waals surface area contributed by atoms with Gasteiger partial charge < -0.3 is 15.1 Å². The number of carbonyl (C=O) groups is 2. The molecule has 0 aliphatic rings. The molecule has 0 radical (unpaired) electrons. The second-order valence-electron chi connectivity index (χ2n) is 5.90. The number of amides is 2. The van der Waals surface area contributed by atoms with Gasteiger partial charge in [0, 0.05) is 17.6 Å². The fourth-order valence-electron chi connectivity index (χ4n) is 2.23. The van der Waals surface area contributed by atoms with Gasteiger partial charge in [-0.15, -0.1) is 10.2 Å². The van der Waals surface area contributed by atoms with E-state index in [-0.39, 0.29) is 17.4 Å². The number of nitrogens with two attached hydrogens (primary N) is 1. The summed E-state index contributed by atoms with van der Waals surface area (Å²) in [6.45, 7) is 0.364. The summed E-state index contributed by atoms with van der Waals surface area (Å²) in [5.74, 6) is 1.34. The van der Waals surface area contributed by atoms with Gasteiger partial charge in [0.1, 0.15) is 11.5 Å². The Hall–Kier alpha value is -2.01. The van der Waals surface area contributed by atoms with Crippen molar-refractivity contribution >= 4 is 58.3 Å². The SMILES string of the molecule is CN(Cc1ccc(-c2ccc(Cl)cc2)o1)C(=O)CSc1nnc(SCC(N)=O)s1. The van der Waals surface area contributed by atoms with Gasteiger partial charge in [-0.05, 0) is 36.4 Å². The monoisotopic (exact) mass is 468 g/mol. The molecule has 0 bridgehead atoms. The first-order chi connectivity index (χ1) is 13.9. The standard InChI is InChI=1S/C18H17ClN4O3S3/c1-23(8-13-6-7-14(26-13)11-2-4-12(19)5-3-11)16(25)10-28-18-22-21-17(29-18)27-9-15(20)24/h2-7H,8-10H2,1H3,(H2,20,24). The summed E-state index contributed by atoms with van der Waals surface area (Å²) >= 11 is 9.78. The van der Waals surface area contributed by atoms with Gasteiger partial charge in [-0.3, -0.25) is 9.59 Å². The number of aromatic nitrogens is 2. The Morgan fingerprint density at radius 3 is 2.41 bits per heavy atom. The summed E-state index contributed by atoms with van der Waals surface area (Å²) in [7, 11) is 1.72. The van der Waals surface area contributed by atoms with Gasteiger partial charge in [0.2, 0.25) is 11.8 Å². The van der Waals surface area contributed by atoms with E-state index in [4.69, 9.17) is 21.8 Å². The van der Waals surface area contributed by atoms with Crippen LogP contribution < -0.4 is 5.73 Å². The molecule has 0 aliphatic carbocycles. The molecule has 3 aromatic rings. The Labute approximate surface area is 185 Å². The third-order valence-electron chi connectivity index (χ3n) is 3.65. The number of nitrogens with zero attached hydrogens (tertiary/aromatic N) is 3. The van der Waals surface area contributed by atoms with E-state index < -0.39 is 5.91 Å². The number of primary amides is 1. The van der Waals surface area contributed by atoms with Gasteiger partial charge in [-0.25, -0.2) is 0 Å². The van der Waals surface area contributed by atoms with Crippen LogP contribution in [-0.4, -0.2) is 45.5 Å². The third-order valence-corrected chi connectivity index (χ3v) is 7.10. The minimum atomic E-state index is -0.409. The molecular weight excluding hydrogens is 452 g/mol. The summed E-state index contributed by atoms with van der Waals surface area (Å²) in [5, 5.41) is 8.65. The first-order valence-electron chi connectivity index (χ1n) is 8.36. The molecule has 0 atom stereocenters. The van der Waals surface area contributed by atoms with E-state index in [0.29, 0.717) is 26.0 Å². The second kappa shape index (κ2) is 10.1. The normalized spacial score (nSPS) is 10.8. The highest BCUT2D eigenvalue weighted by Crippen LogP contribution is 2.29. The van der Waals surface area contributed by atoms with Crippen molar-refractivity contribution in [2.75, 3.05) is 18.6 Å². The number of hydrogen-bond donors (Lipinski definition) is 1. The smallest absolute Gasteiger partial charge is 0.233 e. The van der Waals surface area contributed by atoms with Crippen LogP contribution in [0.4, 0.5) is 0 Å². The highest BCUT2D eigenvalue weighted by atomic mass is 35.5. The van der Waals surface area contributed by atoms with E-state index in [2.05, 4.69) is 10.2 Å². The van der Waals surface area contributed by atoms with Crippen molar-refractivity contribution in [3.63, 3.8) is 0 Å². The predicted octanol–water partition coefficient (Wildman–Crippen LogP) is 3.78. The van der Waals surface area contributed by atoms with Crippen molar-refractivity contribution in [1.29, 1.82) is 0 Å². The van der Waals surface area contributed by atoms with Crippen molar-refractivity contribution < 1.29 is 14.0 Å². The van der Waals surface area contributed by atoms with Gasteiger partial charge in [0.05, 0.1) is 18.1 Å². The maximum absolute atomic E-state index is 12.4. The Balaban J connectivity index is 1.49. The largest absolute Gasteiger partial charge is 0.459 e. The van der Waals surface area contributed by atoms with E-state index in [1.165, 1.54) is 34.9 Å². The number of thioether (sulfide) groups is 2. The number of hydrogen-bond acceptors (Lipinski definition) is 8. The minimum Gasteiger partial charge on any atom is -0.459 e. The number of rotatable bonds is 9. The van der Waals surface area contributed by atoms with Crippen LogP contribution in [0.25, 0.3) is 11.3 Å². The van der Waals surface area contributed by atoms with Crippen molar-refractivity contribution in [3.8, 4) is 11.3 Å². The molecule has 2 aromatic heterocycles. The second-order valence-corrected chi connectivity index (χ2v) is 9.76. The summed E-state index contributed by atoms with van der Waals surface area (Å²) in [5.41, 5.74) is 6.03. The highest BCUT2D eigenvalue weighted by molar-refractivity contribution is 8.03. The third kappa shape index (κ3) is 6.49. The zero-order chi connectivity index (χ0) is 20.8. The molecule has 0 fully saturated rings. The lowest BCUT2D eigenvalue weighted by Crippen LogP contribution is -2.27. The maximum Gasteiger partial charge on any atom is 0.233 e. The lowest BCUT2D eigenvalue weighted by atomic mass is 10.2. The quantitative estimate of drug-likeness (QED) is 0.476. The van der Waals surface area contributed by atoms with Crippen molar-refractivity contribution in [2.24, 2.45) is 5.73 Å². The zero-order valence-corrected chi connectivity index (χ0v) is 18.5. The van der Waals surface area contributed by atoms with Gasteiger partial charge in [-0.1, -0.05) is 46.5 Å². The van der Waals surface area contributed by atoms with Crippen LogP contribution in [0.1, 0.15) is 5.76 Å². The Bertz CT molecular complexity index is 990. The molecule has 7 nitrogen and oxygen atoms in total. The number of benzene rings is 1. The molecule has 29 heavy (non-hydrogen) atoms. The number of furan rings is 1. The van der Waals surface area contributed by atoms with Crippen LogP contribution in [0.15, 0.2) is 49.5 Å². The van der Waals surface area contributed by atoms with Crippen molar-refractivity contribution in [2.45, 2.75) is 15.2 Å². The molecule has 152 valence electrons. The summed E-state index contributed by atoms with van der Waals surface area (Å²) in [6, 6.07) is 11.1. The molecule has 0 saturated carbocycles. The van der Waals surface area contributed by atoms with E-state index in [9.17, 15) is 9.59 Å². The molecular formula is C18H17ClN4O3S3. The number of carbonyl (C=O) groups excluding carboxylic acids is 2. The predicted molar refractivity (Wildman–Crippen MR) is 116 cm³/mol. The molecule has 1 aromatic carbocycles. The fraction of sp³-hybridized carbons (Fsp3) is 0.222. The highest BCUT2D eigenvalue weighted by Gasteiger charge is 2.15. The topological polar surface area (TPSA) is 102 Å². The Kier molecular flexibility index (Phi) is 7.59. The van der Waals surface area contributed by atoms with Crippen LogP contribution in [0.5, 0.6) is 0 Å². The zero-order valence-electron chi connectivity index (χ0n) is 15.3. The Morgan fingerprint density at radius 2 is 1.76 bits per heavy atom.